The fourth-order valence-electron chi connectivity index (χ4n) is 1.71. The van der Waals surface area contributed by atoms with Crippen LogP contribution in [0.2, 0.25) is 0 Å². The quantitative estimate of drug-likeness (QED) is 0.778. The molecule has 0 aliphatic carbocycles. The number of aromatic nitrogens is 1. The normalized spacial score (nSPS) is 10.2. The van der Waals surface area contributed by atoms with Gasteiger partial charge in [0, 0.05) is 5.39 Å². The molecule has 0 aliphatic rings. The third kappa shape index (κ3) is 2.34. The molecule has 0 N–H and O–H groups in total. The molecular formula is C13H12N2OS. The summed E-state index contributed by atoms with van der Waals surface area (Å²) in [6, 6.07) is 9.99. The minimum Gasteiger partial charge on any atom is -0.494 e. The molecule has 0 unspecified atom stereocenters. The van der Waals surface area contributed by atoms with Gasteiger partial charge < -0.3 is 4.74 Å². The number of nitriles is 1. The Morgan fingerprint density at radius 3 is 3.00 bits per heavy atom. The Labute approximate surface area is 104 Å². The number of para-hydroxylation sites is 1. The Bertz CT molecular complexity index is 590. The Hall–Kier alpha value is -1.73. The maximum atomic E-state index is 8.59. The van der Waals surface area contributed by atoms with Crippen molar-refractivity contribution in [1.82, 2.24) is 4.98 Å². The van der Waals surface area contributed by atoms with Gasteiger partial charge >= 0.3 is 0 Å². The smallest absolute Gasteiger partial charge is 0.145 e. The largest absolute Gasteiger partial charge is 0.494 e. The predicted molar refractivity (Wildman–Crippen MR) is 69.4 cm³/mol. The molecule has 2 aromatic rings. The molecule has 17 heavy (non-hydrogen) atoms. The summed E-state index contributed by atoms with van der Waals surface area (Å²) in [4.78, 5) is 4.53. The zero-order chi connectivity index (χ0) is 12.3. The number of rotatable bonds is 3. The van der Waals surface area contributed by atoms with Crippen LogP contribution >= 0.6 is 11.8 Å². The number of hydrogen-bond acceptors (Lipinski definition) is 4. The van der Waals surface area contributed by atoms with E-state index in [2.05, 4.69) is 11.1 Å². The van der Waals surface area contributed by atoms with Crippen molar-refractivity contribution in [2.75, 3.05) is 12.9 Å². The molecule has 86 valence electrons. The average molecular weight is 244 g/mol. The van der Waals surface area contributed by atoms with Crippen LogP contribution in [0.1, 0.15) is 5.56 Å². The Morgan fingerprint density at radius 2 is 2.29 bits per heavy atom. The number of aryl methyl sites for hydroxylation is 1. The molecule has 0 spiro atoms. The topological polar surface area (TPSA) is 45.9 Å². The van der Waals surface area contributed by atoms with Gasteiger partial charge in [0.25, 0.3) is 0 Å². The summed E-state index contributed by atoms with van der Waals surface area (Å²) in [5.41, 5.74) is 2.00. The number of pyridine rings is 1. The molecule has 0 fully saturated rings. The van der Waals surface area contributed by atoms with Gasteiger partial charge in [-0.25, -0.2) is 4.98 Å². The first kappa shape index (κ1) is 11.7. The lowest BCUT2D eigenvalue weighted by atomic mass is 10.1. The van der Waals surface area contributed by atoms with E-state index in [1.54, 1.807) is 7.11 Å². The first-order valence-electron chi connectivity index (χ1n) is 5.20. The highest BCUT2D eigenvalue weighted by Gasteiger charge is 2.07. The Balaban J connectivity index is 2.58. The second-order valence-corrected chi connectivity index (χ2v) is 4.58. The second-order valence-electron chi connectivity index (χ2n) is 3.58. The first-order valence-corrected chi connectivity index (χ1v) is 6.19. The Morgan fingerprint density at radius 1 is 1.47 bits per heavy atom. The zero-order valence-corrected chi connectivity index (χ0v) is 10.5. The van der Waals surface area contributed by atoms with Crippen molar-refractivity contribution in [2.24, 2.45) is 0 Å². The SMILES string of the molecule is COc1cccc2c(C)cc(SCC#N)nc12. The molecule has 1 heterocycles. The number of fused-ring (bicyclic) bond motifs is 1. The molecular weight excluding hydrogens is 232 g/mol. The molecule has 0 aliphatic heterocycles. The summed E-state index contributed by atoms with van der Waals surface area (Å²) in [5, 5.41) is 10.5. The van der Waals surface area contributed by atoms with Crippen molar-refractivity contribution in [3.8, 4) is 11.8 Å². The van der Waals surface area contributed by atoms with Crippen LogP contribution in [0.15, 0.2) is 29.3 Å². The number of hydrogen-bond donors (Lipinski definition) is 0. The zero-order valence-electron chi connectivity index (χ0n) is 9.73. The van der Waals surface area contributed by atoms with E-state index < -0.39 is 0 Å². The number of benzene rings is 1. The van der Waals surface area contributed by atoms with Gasteiger partial charge in [-0.1, -0.05) is 23.9 Å². The van der Waals surface area contributed by atoms with Crippen LogP contribution in [0.25, 0.3) is 10.9 Å². The number of ether oxygens (including phenoxy) is 1. The van der Waals surface area contributed by atoms with Crippen LogP contribution in [-0.4, -0.2) is 17.8 Å². The highest BCUT2D eigenvalue weighted by Crippen LogP contribution is 2.29. The predicted octanol–water partition coefficient (Wildman–Crippen LogP) is 3.17. The van der Waals surface area contributed by atoms with Gasteiger partial charge in [-0.15, -0.1) is 0 Å². The van der Waals surface area contributed by atoms with Gasteiger partial charge in [-0.05, 0) is 24.6 Å². The van der Waals surface area contributed by atoms with E-state index in [4.69, 9.17) is 10.00 Å². The van der Waals surface area contributed by atoms with Crippen LogP contribution in [0.5, 0.6) is 5.75 Å². The highest BCUT2D eigenvalue weighted by atomic mass is 32.2. The van der Waals surface area contributed by atoms with Crippen molar-refractivity contribution in [3.05, 3.63) is 29.8 Å². The van der Waals surface area contributed by atoms with Crippen molar-refractivity contribution < 1.29 is 4.74 Å². The third-order valence-corrected chi connectivity index (χ3v) is 3.27. The van der Waals surface area contributed by atoms with Crippen LogP contribution in [0, 0.1) is 18.3 Å². The molecule has 0 atom stereocenters. The minimum absolute atomic E-state index is 0.410. The fourth-order valence-corrected chi connectivity index (χ4v) is 2.33. The van der Waals surface area contributed by atoms with Crippen molar-refractivity contribution >= 4 is 22.7 Å². The third-order valence-electron chi connectivity index (χ3n) is 2.49. The van der Waals surface area contributed by atoms with Crippen molar-refractivity contribution in [1.29, 1.82) is 5.26 Å². The van der Waals surface area contributed by atoms with E-state index in [-0.39, 0.29) is 0 Å². The van der Waals surface area contributed by atoms with Crippen LogP contribution in [-0.2, 0) is 0 Å². The molecule has 0 saturated heterocycles. The van der Waals surface area contributed by atoms with Gasteiger partial charge in [-0.3, -0.25) is 0 Å². The molecule has 0 amide bonds. The van der Waals surface area contributed by atoms with E-state index in [1.165, 1.54) is 11.8 Å². The van der Waals surface area contributed by atoms with E-state index in [0.717, 1.165) is 27.2 Å². The van der Waals surface area contributed by atoms with Crippen LogP contribution in [0.4, 0.5) is 0 Å². The second kappa shape index (κ2) is 5.07. The summed E-state index contributed by atoms with van der Waals surface area (Å²) >= 11 is 1.44. The molecule has 1 aromatic heterocycles. The average Bonchev–Trinajstić information content (AvgIpc) is 2.35. The molecule has 1 aromatic carbocycles. The molecule has 3 nitrogen and oxygen atoms in total. The van der Waals surface area contributed by atoms with Gasteiger partial charge in [0.05, 0.1) is 24.0 Å². The van der Waals surface area contributed by atoms with Crippen molar-refractivity contribution in [3.63, 3.8) is 0 Å². The van der Waals surface area contributed by atoms with Gasteiger partial charge in [-0.2, -0.15) is 5.26 Å². The first-order chi connectivity index (χ1) is 8.26. The minimum atomic E-state index is 0.410. The van der Waals surface area contributed by atoms with Gasteiger partial charge in [0.1, 0.15) is 11.3 Å². The maximum Gasteiger partial charge on any atom is 0.145 e. The number of thioether (sulfide) groups is 1. The summed E-state index contributed by atoms with van der Waals surface area (Å²) in [5.74, 6) is 1.18. The van der Waals surface area contributed by atoms with Gasteiger partial charge in [0.2, 0.25) is 0 Å². The van der Waals surface area contributed by atoms with Crippen LogP contribution < -0.4 is 4.74 Å². The molecule has 0 bridgehead atoms. The van der Waals surface area contributed by atoms with E-state index >= 15 is 0 Å². The number of methoxy groups -OCH3 is 1. The molecule has 4 heteroatoms. The van der Waals surface area contributed by atoms with Gasteiger partial charge in [0.15, 0.2) is 0 Å². The standard InChI is InChI=1S/C13H12N2OS/c1-9-8-12(17-7-6-14)15-13-10(9)4-3-5-11(13)16-2/h3-5,8H,7H2,1-2H3. The lowest BCUT2D eigenvalue weighted by Gasteiger charge is -2.08. The summed E-state index contributed by atoms with van der Waals surface area (Å²) in [7, 11) is 1.64. The Kier molecular flexibility index (Phi) is 3.50. The lowest BCUT2D eigenvalue weighted by Crippen LogP contribution is -1.91. The summed E-state index contributed by atoms with van der Waals surface area (Å²) in [6.45, 7) is 2.04. The highest BCUT2D eigenvalue weighted by molar-refractivity contribution is 7.99. The lowest BCUT2D eigenvalue weighted by molar-refractivity contribution is 0.418. The summed E-state index contributed by atoms with van der Waals surface area (Å²) < 4.78 is 5.31. The van der Waals surface area contributed by atoms with E-state index in [0.29, 0.717) is 5.75 Å². The maximum absolute atomic E-state index is 8.59. The molecule has 0 radical (unpaired) electrons. The van der Waals surface area contributed by atoms with Crippen molar-refractivity contribution in [2.45, 2.75) is 11.9 Å². The fraction of sp³-hybridized carbons (Fsp3) is 0.231. The van der Waals surface area contributed by atoms with E-state index in [9.17, 15) is 0 Å². The molecule has 0 saturated carbocycles. The summed E-state index contributed by atoms with van der Waals surface area (Å²) in [6.07, 6.45) is 0. The molecule has 2 rings (SSSR count). The van der Waals surface area contributed by atoms with E-state index in [1.807, 2.05) is 31.2 Å². The monoisotopic (exact) mass is 244 g/mol. The number of nitrogens with zero attached hydrogens (tertiary/aromatic N) is 2. The van der Waals surface area contributed by atoms with Crippen LogP contribution in [0.3, 0.4) is 0 Å².